The molecule has 2 aliphatic heterocycles. The number of hydrogen-bond donors (Lipinski definition) is 5. The molecule has 0 saturated carbocycles. The fraction of sp³-hybridized carbons (Fsp3) is 0.647. The van der Waals surface area contributed by atoms with Crippen LogP contribution in [0.4, 0.5) is 5.69 Å². The minimum Gasteiger partial charge on any atom is -0.387 e. The van der Waals surface area contributed by atoms with Crippen molar-refractivity contribution >= 4 is 38.0 Å². The molecule has 0 spiro atoms. The van der Waals surface area contributed by atoms with Gasteiger partial charge in [-0.15, -0.1) is 0 Å². The Bertz CT molecular complexity index is 1110. The molecule has 4 heterocycles. The van der Waals surface area contributed by atoms with Crippen molar-refractivity contribution in [1.29, 1.82) is 0 Å². The summed E-state index contributed by atoms with van der Waals surface area (Å²) in [7, 11) is -9.46. The summed E-state index contributed by atoms with van der Waals surface area (Å²) in [5.41, 5.74) is 1.47. The number of aliphatic hydroxyl groups excluding tert-OH is 2. The van der Waals surface area contributed by atoms with Gasteiger partial charge in [-0.05, 0) is 19.3 Å². The maximum Gasteiger partial charge on any atom is 0.340 e. The fourth-order valence-corrected chi connectivity index (χ4v) is 6.84. The van der Waals surface area contributed by atoms with Gasteiger partial charge >= 0.3 is 15.2 Å². The number of ether oxygens (including phenoxy) is 1. The minimum atomic E-state index is -4.81. The highest BCUT2D eigenvalue weighted by Gasteiger charge is 2.46. The summed E-state index contributed by atoms with van der Waals surface area (Å²) in [5.74, 6) is -1.20. The monoisotopic (exact) mass is 526 g/mol. The molecule has 2 saturated heterocycles. The number of nitrogens with zero attached hydrogens (tertiary/aromatic N) is 4. The topological polar surface area (TPSA) is 187 Å². The normalized spacial score (nSPS) is 28.4. The van der Waals surface area contributed by atoms with Crippen LogP contribution in [-0.2, 0) is 18.4 Å². The van der Waals surface area contributed by atoms with Crippen LogP contribution in [0.5, 0.6) is 0 Å². The van der Waals surface area contributed by atoms with E-state index in [-0.39, 0.29) is 11.0 Å². The Morgan fingerprint density at radius 1 is 1.15 bits per heavy atom. The van der Waals surface area contributed by atoms with E-state index in [1.54, 1.807) is 12.3 Å². The first-order valence-electron chi connectivity index (χ1n) is 10.3. The first-order valence-corrected chi connectivity index (χ1v) is 14.2. The van der Waals surface area contributed by atoms with Crippen LogP contribution in [0.3, 0.4) is 0 Å². The summed E-state index contributed by atoms with van der Waals surface area (Å²) < 4.78 is 34.7. The number of rotatable bonds is 7. The molecular formula is C17H25ClN4O9P2. The van der Waals surface area contributed by atoms with Crippen LogP contribution in [0, 0.1) is 0 Å². The van der Waals surface area contributed by atoms with Crippen molar-refractivity contribution in [3.63, 3.8) is 0 Å². The van der Waals surface area contributed by atoms with E-state index < -0.39 is 52.1 Å². The Kier molecular flexibility index (Phi) is 7.20. The molecule has 1 unspecified atom stereocenters. The highest BCUT2D eigenvalue weighted by Crippen LogP contribution is 2.55. The Morgan fingerprint density at radius 2 is 1.85 bits per heavy atom. The van der Waals surface area contributed by atoms with Crippen molar-refractivity contribution in [2.75, 3.05) is 30.5 Å². The van der Waals surface area contributed by atoms with E-state index in [9.17, 15) is 24.2 Å². The molecule has 5 atom stereocenters. The second-order valence-electron chi connectivity index (χ2n) is 8.13. The van der Waals surface area contributed by atoms with Gasteiger partial charge in [0, 0.05) is 19.2 Å². The average molecular weight is 527 g/mol. The van der Waals surface area contributed by atoms with Gasteiger partial charge in [-0.1, -0.05) is 11.6 Å². The van der Waals surface area contributed by atoms with Crippen LogP contribution >= 0.6 is 26.8 Å². The third kappa shape index (κ3) is 5.59. The highest BCUT2D eigenvalue weighted by molar-refractivity contribution is 7.70. The van der Waals surface area contributed by atoms with Gasteiger partial charge in [0.05, 0.1) is 18.5 Å². The van der Waals surface area contributed by atoms with E-state index in [2.05, 4.69) is 15.0 Å². The fourth-order valence-electron chi connectivity index (χ4n) is 4.10. The number of aliphatic hydroxyl groups is 2. The molecule has 33 heavy (non-hydrogen) atoms. The zero-order valence-corrected chi connectivity index (χ0v) is 19.9. The molecule has 16 heteroatoms. The first kappa shape index (κ1) is 25.0. The van der Waals surface area contributed by atoms with Gasteiger partial charge < -0.3 is 39.1 Å². The van der Waals surface area contributed by atoms with Gasteiger partial charge in [-0.2, -0.15) is 5.10 Å². The SMILES string of the molecule is O=P(O)(O)CP(=O)(O)OC[C@H]1O[C@@H](c2ncc3c(N4CCCCC4)cc(Cl)nn23)[C@H](O)[C@@H]1O. The predicted molar refractivity (Wildman–Crippen MR) is 116 cm³/mol. The van der Waals surface area contributed by atoms with Crippen LogP contribution in [0.15, 0.2) is 12.3 Å². The standard InChI is InChI=1S/C17H25ClN4O9P2/c18-13-6-10(21-4-2-1-3-5-21)11-7-19-17(22(11)20-13)16-15(24)14(23)12(31-16)8-30-33(28,29)9-32(25,26)27/h6-7,12,14-16,23-24H,1-5,8-9H2,(H,28,29)(H2,25,26,27)/t12-,14-,15-,16-/m1/s1. The molecule has 0 amide bonds. The zero-order valence-electron chi connectivity index (χ0n) is 17.3. The number of halogens is 1. The van der Waals surface area contributed by atoms with Gasteiger partial charge in [-0.25, -0.2) is 9.50 Å². The van der Waals surface area contributed by atoms with Gasteiger partial charge in [-0.3, -0.25) is 9.13 Å². The quantitative estimate of drug-likeness (QED) is 0.321. The lowest BCUT2D eigenvalue weighted by molar-refractivity contribution is -0.0217. The number of anilines is 1. The van der Waals surface area contributed by atoms with Crippen molar-refractivity contribution in [3.8, 4) is 0 Å². The average Bonchev–Trinajstić information content (AvgIpc) is 3.26. The number of imidazole rings is 1. The third-order valence-electron chi connectivity index (χ3n) is 5.60. The molecule has 2 aromatic heterocycles. The molecule has 5 N–H and O–H groups in total. The molecule has 4 rings (SSSR count). The molecule has 0 radical (unpaired) electrons. The molecular weight excluding hydrogens is 502 g/mol. The Morgan fingerprint density at radius 3 is 2.52 bits per heavy atom. The Labute approximate surface area is 193 Å². The number of piperidine rings is 1. The third-order valence-corrected chi connectivity index (χ3v) is 9.24. The van der Waals surface area contributed by atoms with Crippen LogP contribution in [0.1, 0.15) is 31.2 Å². The molecule has 0 aliphatic carbocycles. The van der Waals surface area contributed by atoms with Crippen molar-refractivity contribution in [2.45, 2.75) is 43.7 Å². The lowest BCUT2D eigenvalue weighted by Crippen LogP contribution is -2.33. The van der Waals surface area contributed by atoms with E-state index in [4.69, 9.17) is 30.6 Å². The van der Waals surface area contributed by atoms with E-state index >= 15 is 0 Å². The van der Waals surface area contributed by atoms with Gasteiger partial charge in [0.2, 0.25) is 0 Å². The number of aromatic nitrogens is 3. The molecule has 2 aliphatic rings. The molecule has 2 fully saturated rings. The van der Waals surface area contributed by atoms with Crippen molar-refractivity contribution in [2.24, 2.45) is 0 Å². The largest absolute Gasteiger partial charge is 0.387 e. The van der Waals surface area contributed by atoms with E-state index in [1.807, 2.05) is 0 Å². The minimum absolute atomic E-state index is 0.169. The van der Waals surface area contributed by atoms with E-state index in [0.29, 0.717) is 5.52 Å². The van der Waals surface area contributed by atoms with Gasteiger partial charge in [0.15, 0.2) is 16.9 Å². The summed E-state index contributed by atoms with van der Waals surface area (Å²) in [4.78, 5) is 33.9. The molecule has 0 bridgehead atoms. The summed E-state index contributed by atoms with van der Waals surface area (Å²) in [6.07, 6.45) is -0.594. The smallest absolute Gasteiger partial charge is 0.340 e. The lowest BCUT2D eigenvalue weighted by Gasteiger charge is -2.29. The Hall–Kier alpha value is -1.11. The van der Waals surface area contributed by atoms with E-state index in [1.165, 1.54) is 4.52 Å². The second-order valence-corrected chi connectivity index (χ2v) is 12.5. The van der Waals surface area contributed by atoms with Crippen molar-refractivity contribution in [3.05, 3.63) is 23.2 Å². The number of hydrogen-bond acceptors (Lipinski definition) is 9. The second kappa shape index (κ2) is 9.50. The van der Waals surface area contributed by atoms with Crippen LogP contribution in [0.25, 0.3) is 5.52 Å². The van der Waals surface area contributed by atoms with Crippen molar-refractivity contribution in [1.82, 2.24) is 14.6 Å². The summed E-state index contributed by atoms with van der Waals surface area (Å²) in [6.45, 7) is 1.03. The summed E-state index contributed by atoms with van der Waals surface area (Å²) in [6, 6.07) is 1.74. The molecule has 2 aromatic rings. The molecule has 13 nitrogen and oxygen atoms in total. The molecule has 0 aromatic carbocycles. The predicted octanol–water partition coefficient (Wildman–Crippen LogP) is 0.872. The van der Waals surface area contributed by atoms with Gasteiger partial charge in [0.1, 0.15) is 29.9 Å². The van der Waals surface area contributed by atoms with E-state index in [0.717, 1.165) is 38.0 Å². The summed E-state index contributed by atoms with van der Waals surface area (Å²) >= 11 is 6.24. The maximum absolute atomic E-state index is 11.9. The van der Waals surface area contributed by atoms with Crippen LogP contribution in [-0.4, -0.2) is 83.4 Å². The Balaban J connectivity index is 1.55. The first-order chi connectivity index (χ1) is 15.5. The van der Waals surface area contributed by atoms with Crippen LogP contribution < -0.4 is 4.90 Å². The number of fused-ring (bicyclic) bond motifs is 1. The molecule has 184 valence electrons. The van der Waals surface area contributed by atoms with Crippen molar-refractivity contribution < 1.29 is 43.3 Å². The van der Waals surface area contributed by atoms with Gasteiger partial charge in [0.25, 0.3) is 0 Å². The summed E-state index contributed by atoms with van der Waals surface area (Å²) in [5, 5.41) is 25.4. The lowest BCUT2D eigenvalue weighted by atomic mass is 10.1. The zero-order chi connectivity index (χ0) is 24.0. The highest BCUT2D eigenvalue weighted by atomic mass is 35.5. The van der Waals surface area contributed by atoms with Crippen LogP contribution in [0.2, 0.25) is 5.15 Å². The maximum atomic E-state index is 11.9.